The molecule has 3 N–H and O–H groups in total. The van der Waals surface area contributed by atoms with E-state index in [9.17, 15) is 9.50 Å². The Kier molecular flexibility index (Phi) is 5.04. The first-order chi connectivity index (χ1) is 13.8. The van der Waals surface area contributed by atoms with E-state index in [2.05, 4.69) is 46.2 Å². The summed E-state index contributed by atoms with van der Waals surface area (Å²) in [7, 11) is 0. The average Bonchev–Trinajstić information content (AvgIpc) is 3.02. The number of aromatic amines is 1. The number of nitrogens with one attached hydrogen (secondary N) is 2. The molecule has 1 aliphatic heterocycles. The van der Waals surface area contributed by atoms with Gasteiger partial charge in [0.05, 0.1) is 11.4 Å². The molecule has 0 saturated carbocycles. The smallest absolute Gasteiger partial charge is 0.156 e. The van der Waals surface area contributed by atoms with Crippen LogP contribution in [0.4, 0.5) is 4.39 Å². The van der Waals surface area contributed by atoms with Gasteiger partial charge >= 0.3 is 0 Å². The molecule has 154 valence electrons. The number of nitrogens with zero attached hydrogens (tertiary/aromatic N) is 3. The normalized spacial score (nSPS) is 19.7. The summed E-state index contributed by atoms with van der Waals surface area (Å²) in [4.78, 5) is 7.10. The third-order valence-corrected chi connectivity index (χ3v) is 5.80. The van der Waals surface area contributed by atoms with Gasteiger partial charge in [0.2, 0.25) is 0 Å². The number of rotatable bonds is 4. The minimum absolute atomic E-state index is 0.0369. The van der Waals surface area contributed by atoms with Gasteiger partial charge < -0.3 is 10.4 Å². The fourth-order valence-electron chi connectivity index (χ4n) is 4.27. The van der Waals surface area contributed by atoms with Gasteiger partial charge in [-0.15, -0.1) is 0 Å². The van der Waals surface area contributed by atoms with Crippen molar-refractivity contribution in [1.29, 1.82) is 0 Å². The number of aryl methyl sites for hydroxylation is 1. The fraction of sp³-hybridized carbons (Fsp3) is 0.455. The number of phenolic OH excluding ortho intramolecular Hbond substituents is 1. The number of piperazine rings is 1. The van der Waals surface area contributed by atoms with E-state index in [-0.39, 0.29) is 11.3 Å². The average molecular weight is 397 g/mol. The highest BCUT2D eigenvalue weighted by Gasteiger charge is 2.32. The number of benzene rings is 1. The second-order valence-electron chi connectivity index (χ2n) is 8.60. The molecule has 29 heavy (non-hydrogen) atoms. The molecule has 0 bridgehead atoms. The lowest BCUT2D eigenvalue weighted by molar-refractivity contribution is 0.0862. The van der Waals surface area contributed by atoms with Crippen molar-refractivity contribution in [3.63, 3.8) is 0 Å². The zero-order chi connectivity index (χ0) is 20.8. The quantitative estimate of drug-likeness (QED) is 0.625. The van der Waals surface area contributed by atoms with Gasteiger partial charge in [-0.2, -0.15) is 5.10 Å². The van der Waals surface area contributed by atoms with Crippen LogP contribution in [0.5, 0.6) is 5.75 Å². The minimum Gasteiger partial charge on any atom is -0.508 e. The number of H-pyrrole nitrogens is 1. The lowest BCUT2D eigenvalue weighted by Crippen LogP contribution is -2.61. The topological polar surface area (TPSA) is 77.1 Å². The molecule has 1 aliphatic rings. The summed E-state index contributed by atoms with van der Waals surface area (Å²) in [5.74, 6) is -0.590. The van der Waals surface area contributed by atoms with Crippen molar-refractivity contribution in [1.82, 2.24) is 25.4 Å². The van der Waals surface area contributed by atoms with Gasteiger partial charge in [-0.25, -0.2) is 9.37 Å². The zero-order valence-corrected chi connectivity index (χ0v) is 17.4. The molecule has 1 fully saturated rings. The molecule has 6 nitrogen and oxygen atoms in total. The van der Waals surface area contributed by atoms with E-state index in [0.717, 1.165) is 48.8 Å². The number of fused-ring (bicyclic) bond motifs is 1. The summed E-state index contributed by atoms with van der Waals surface area (Å²) >= 11 is 0. The van der Waals surface area contributed by atoms with Crippen molar-refractivity contribution < 1.29 is 9.50 Å². The number of pyridine rings is 1. The minimum atomic E-state index is -0.492. The van der Waals surface area contributed by atoms with E-state index >= 15 is 0 Å². The first-order valence-electron chi connectivity index (χ1n) is 10.1. The predicted octanol–water partition coefficient (Wildman–Crippen LogP) is 3.74. The van der Waals surface area contributed by atoms with E-state index in [1.54, 1.807) is 6.07 Å². The number of hydrogen-bond acceptors (Lipinski definition) is 5. The maximum absolute atomic E-state index is 14.5. The van der Waals surface area contributed by atoms with Crippen molar-refractivity contribution in [2.24, 2.45) is 0 Å². The molecule has 0 unspecified atom stereocenters. The van der Waals surface area contributed by atoms with Crippen LogP contribution in [0.2, 0.25) is 0 Å². The zero-order valence-electron chi connectivity index (χ0n) is 17.4. The van der Waals surface area contributed by atoms with Crippen LogP contribution in [-0.4, -0.2) is 49.9 Å². The van der Waals surface area contributed by atoms with E-state index in [4.69, 9.17) is 0 Å². The molecule has 3 aromatic rings. The summed E-state index contributed by atoms with van der Waals surface area (Å²) in [5, 5.41) is 21.5. The molecule has 7 heteroatoms. The van der Waals surface area contributed by atoms with Gasteiger partial charge in [0.1, 0.15) is 11.6 Å². The molecule has 3 heterocycles. The Hall–Kier alpha value is -2.51. The summed E-state index contributed by atoms with van der Waals surface area (Å²) in [5.41, 5.74) is 3.57. The highest BCUT2D eigenvalue weighted by molar-refractivity contribution is 5.84. The van der Waals surface area contributed by atoms with E-state index < -0.39 is 5.82 Å². The number of aromatic nitrogens is 3. The van der Waals surface area contributed by atoms with Crippen LogP contribution < -0.4 is 5.32 Å². The van der Waals surface area contributed by atoms with Crippen molar-refractivity contribution in [2.75, 3.05) is 13.1 Å². The summed E-state index contributed by atoms with van der Waals surface area (Å²) in [6, 6.07) is 6.56. The molecule has 1 saturated heterocycles. The number of halogens is 1. The van der Waals surface area contributed by atoms with Crippen molar-refractivity contribution in [3.05, 3.63) is 41.3 Å². The molecule has 0 spiro atoms. The molecular formula is C22H28FN5O. The Morgan fingerprint density at radius 1 is 1.31 bits per heavy atom. The second kappa shape index (κ2) is 7.39. The van der Waals surface area contributed by atoms with Gasteiger partial charge in [0.25, 0.3) is 0 Å². The molecule has 4 rings (SSSR count). The van der Waals surface area contributed by atoms with Crippen LogP contribution in [0.25, 0.3) is 22.3 Å². The lowest BCUT2D eigenvalue weighted by Gasteiger charge is -2.44. The Bertz CT molecular complexity index is 1050. The molecule has 0 aliphatic carbocycles. The molecule has 2 aromatic heterocycles. The van der Waals surface area contributed by atoms with Crippen molar-refractivity contribution in [2.45, 2.75) is 52.2 Å². The molecule has 0 radical (unpaired) electrons. The third kappa shape index (κ3) is 3.84. The van der Waals surface area contributed by atoms with Gasteiger partial charge in [0.15, 0.2) is 5.65 Å². The Labute approximate surface area is 170 Å². The van der Waals surface area contributed by atoms with Gasteiger partial charge in [-0.1, -0.05) is 6.92 Å². The summed E-state index contributed by atoms with van der Waals surface area (Å²) in [6.07, 6.45) is 1.06. The van der Waals surface area contributed by atoms with E-state index in [0.29, 0.717) is 22.9 Å². The van der Waals surface area contributed by atoms with Crippen LogP contribution >= 0.6 is 0 Å². The van der Waals surface area contributed by atoms with Crippen molar-refractivity contribution in [3.8, 4) is 17.0 Å². The van der Waals surface area contributed by atoms with E-state index in [1.165, 1.54) is 6.07 Å². The van der Waals surface area contributed by atoms with Crippen LogP contribution in [0, 0.1) is 12.7 Å². The van der Waals surface area contributed by atoms with Gasteiger partial charge in [-0.3, -0.25) is 10.00 Å². The molecule has 1 aromatic carbocycles. The van der Waals surface area contributed by atoms with Crippen molar-refractivity contribution >= 4 is 11.0 Å². The first-order valence-corrected chi connectivity index (χ1v) is 10.1. The van der Waals surface area contributed by atoms with Crippen LogP contribution in [0.3, 0.4) is 0 Å². The third-order valence-electron chi connectivity index (χ3n) is 5.80. The second-order valence-corrected chi connectivity index (χ2v) is 8.60. The largest absolute Gasteiger partial charge is 0.508 e. The van der Waals surface area contributed by atoms with Gasteiger partial charge in [0, 0.05) is 48.2 Å². The summed E-state index contributed by atoms with van der Waals surface area (Å²) < 4.78 is 14.5. The maximum Gasteiger partial charge on any atom is 0.156 e. The first kappa shape index (κ1) is 19.8. The summed E-state index contributed by atoms with van der Waals surface area (Å²) in [6.45, 7) is 11.2. The number of hydrogen-bond donors (Lipinski definition) is 3. The fourth-order valence-corrected chi connectivity index (χ4v) is 4.27. The lowest BCUT2D eigenvalue weighted by atomic mass is 9.96. The number of aromatic hydroxyl groups is 1. The van der Waals surface area contributed by atoms with Crippen LogP contribution in [-0.2, 0) is 6.54 Å². The Morgan fingerprint density at radius 2 is 2.10 bits per heavy atom. The molecule has 1 atom stereocenters. The van der Waals surface area contributed by atoms with E-state index in [1.807, 2.05) is 13.0 Å². The molecule has 0 amide bonds. The van der Waals surface area contributed by atoms with Gasteiger partial charge in [-0.05, 0) is 51.0 Å². The maximum atomic E-state index is 14.5. The predicted molar refractivity (Wildman–Crippen MR) is 112 cm³/mol. The standard InChI is InChI=1S/C22H28FN5O/c1-5-15-10-24-22(3,4)12-28(15)11-14-8-19(17-7-6-16(29)9-18(17)23)25-21-20(14)13(2)26-27-21/h6-9,15,24,29H,5,10-12H2,1-4H3,(H,25,26,27)/t15-/m0/s1. The van der Waals surface area contributed by atoms with Crippen LogP contribution in [0.1, 0.15) is 38.4 Å². The highest BCUT2D eigenvalue weighted by Crippen LogP contribution is 2.31. The molecular weight excluding hydrogens is 369 g/mol. The highest BCUT2D eigenvalue weighted by atomic mass is 19.1. The Morgan fingerprint density at radius 3 is 2.83 bits per heavy atom. The number of phenols is 1. The SMILES string of the molecule is CC[C@H]1CNC(C)(C)CN1Cc1cc(-c2ccc(O)cc2F)nc2[nH]nc(C)c12. The Balaban J connectivity index is 1.79. The monoisotopic (exact) mass is 397 g/mol. The van der Waals surface area contributed by atoms with Crippen LogP contribution in [0.15, 0.2) is 24.3 Å².